The molecule has 0 aromatic carbocycles. The molecule has 3 aliphatic carbocycles. The van der Waals surface area contributed by atoms with Crippen LogP contribution in [-0.4, -0.2) is 72.0 Å². The molecule has 3 saturated carbocycles. The lowest BCUT2D eigenvalue weighted by atomic mass is 9.69. The molecule has 1 saturated heterocycles. The van der Waals surface area contributed by atoms with Crippen LogP contribution in [0.15, 0.2) is 0 Å². The van der Waals surface area contributed by atoms with Crippen molar-refractivity contribution in [3.05, 3.63) is 0 Å². The minimum absolute atomic E-state index is 0.00737. The smallest absolute Gasteiger partial charge is 0.410 e. The minimum atomic E-state index is -2.97. The quantitative estimate of drug-likeness (QED) is 0.571. The summed E-state index contributed by atoms with van der Waals surface area (Å²) in [5.41, 5.74) is 0. The molecular formula is C26H44N2O5S. The number of carbonyl (C=O) groups excluding carboxylic acids is 2. The van der Waals surface area contributed by atoms with Crippen molar-refractivity contribution in [1.29, 1.82) is 0 Å². The van der Waals surface area contributed by atoms with Crippen LogP contribution in [0, 0.1) is 11.8 Å². The van der Waals surface area contributed by atoms with E-state index in [4.69, 9.17) is 4.74 Å². The predicted octanol–water partition coefficient (Wildman–Crippen LogP) is 4.54. The van der Waals surface area contributed by atoms with Crippen LogP contribution < -0.4 is 0 Å². The zero-order valence-corrected chi connectivity index (χ0v) is 22.1. The number of carbonyl (C=O) groups is 2. The van der Waals surface area contributed by atoms with E-state index in [1.54, 1.807) is 13.8 Å². The lowest BCUT2D eigenvalue weighted by molar-refractivity contribution is -0.143. The highest BCUT2D eigenvalue weighted by molar-refractivity contribution is 7.92. The molecule has 0 spiro atoms. The largest absolute Gasteiger partial charge is 0.446 e. The van der Waals surface area contributed by atoms with Crippen molar-refractivity contribution in [1.82, 2.24) is 9.80 Å². The molecule has 4 fully saturated rings. The Balaban J connectivity index is 1.46. The van der Waals surface area contributed by atoms with Gasteiger partial charge in [-0.3, -0.25) is 4.79 Å². The maximum Gasteiger partial charge on any atom is 0.410 e. The number of piperazine rings is 1. The Morgan fingerprint density at radius 1 is 0.882 bits per heavy atom. The molecule has 34 heavy (non-hydrogen) atoms. The number of ether oxygens (including phenoxy) is 1. The van der Waals surface area contributed by atoms with Crippen molar-refractivity contribution in [2.75, 3.05) is 12.3 Å². The molecule has 0 N–H and O–H groups in total. The van der Waals surface area contributed by atoms with E-state index in [0.29, 0.717) is 18.4 Å². The molecule has 8 heteroatoms. The minimum Gasteiger partial charge on any atom is -0.446 e. The first-order valence-corrected chi connectivity index (χ1v) is 15.4. The van der Waals surface area contributed by atoms with E-state index in [0.717, 1.165) is 70.6 Å². The standard InChI is InChI=1S/C26H44N2O5S/c1-4-34(31,32)23-13-10-20(11-14-23)21-12-15-24-25(16-21)27(17-18(2)28(24)19(3)29)26(30)33-22-8-6-5-7-9-22/h18,20-25H,4-17H2,1-3H3. The number of fused-ring (bicyclic) bond motifs is 1. The van der Waals surface area contributed by atoms with Crippen LogP contribution in [0.4, 0.5) is 4.79 Å². The molecule has 0 aromatic rings. The van der Waals surface area contributed by atoms with Gasteiger partial charge in [0.1, 0.15) is 6.10 Å². The van der Waals surface area contributed by atoms with Crippen molar-refractivity contribution >= 4 is 21.8 Å². The van der Waals surface area contributed by atoms with Crippen LogP contribution in [0.2, 0.25) is 0 Å². The van der Waals surface area contributed by atoms with Crippen molar-refractivity contribution < 1.29 is 22.7 Å². The van der Waals surface area contributed by atoms with Gasteiger partial charge in [0.2, 0.25) is 5.91 Å². The van der Waals surface area contributed by atoms with Gasteiger partial charge in [0.25, 0.3) is 0 Å². The van der Waals surface area contributed by atoms with Crippen molar-refractivity contribution in [2.24, 2.45) is 11.8 Å². The fraction of sp³-hybridized carbons (Fsp3) is 0.923. The average Bonchev–Trinajstić information content (AvgIpc) is 2.83. The highest BCUT2D eigenvalue weighted by Crippen LogP contribution is 2.44. The zero-order chi connectivity index (χ0) is 24.5. The molecule has 4 unspecified atom stereocenters. The number of rotatable bonds is 4. The summed E-state index contributed by atoms with van der Waals surface area (Å²) < 4.78 is 30.7. The summed E-state index contributed by atoms with van der Waals surface area (Å²) in [6.07, 6.45) is 11.4. The molecule has 2 amide bonds. The fourth-order valence-corrected chi connectivity index (χ4v) is 8.85. The first kappa shape index (κ1) is 25.8. The van der Waals surface area contributed by atoms with Gasteiger partial charge in [-0.05, 0) is 89.4 Å². The molecule has 1 heterocycles. The Labute approximate surface area is 205 Å². The number of amides is 2. The number of hydrogen-bond acceptors (Lipinski definition) is 5. The van der Waals surface area contributed by atoms with Crippen molar-refractivity contribution in [3.8, 4) is 0 Å². The first-order chi connectivity index (χ1) is 16.2. The topological polar surface area (TPSA) is 84.0 Å². The summed E-state index contributed by atoms with van der Waals surface area (Å²) in [6, 6.07) is 0.0316. The molecule has 0 bridgehead atoms. The second-order valence-electron chi connectivity index (χ2n) is 11.3. The van der Waals surface area contributed by atoms with Crippen LogP contribution >= 0.6 is 0 Å². The second kappa shape index (κ2) is 10.8. The number of hydrogen-bond donors (Lipinski definition) is 0. The summed E-state index contributed by atoms with van der Waals surface area (Å²) in [5, 5.41) is -0.184. The van der Waals surface area contributed by atoms with Gasteiger partial charge in [0, 0.05) is 25.3 Å². The summed E-state index contributed by atoms with van der Waals surface area (Å²) in [7, 11) is -2.97. The van der Waals surface area contributed by atoms with Crippen LogP contribution in [0.25, 0.3) is 0 Å². The van der Waals surface area contributed by atoms with Gasteiger partial charge in [-0.1, -0.05) is 13.3 Å². The molecule has 194 valence electrons. The Kier molecular flexibility index (Phi) is 8.15. The van der Waals surface area contributed by atoms with Crippen LogP contribution in [0.1, 0.15) is 97.8 Å². The van der Waals surface area contributed by atoms with Crippen LogP contribution in [-0.2, 0) is 19.4 Å². The van der Waals surface area contributed by atoms with E-state index in [2.05, 4.69) is 0 Å². The third-order valence-electron chi connectivity index (χ3n) is 9.23. The van der Waals surface area contributed by atoms with Crippen LogP contribution in [0.3, 0.4) is 0 Å². The molecule has 4 atom stereocenters. The number of nitrogens with zero attached hydrogens (tertiary/aromatic N) is 2. The van der Waals surface area contributed by atoms with E-state index >= 15 is 0 Å². The Bertz CT molecular complexity index is 832. The first-order valence-electron chi connectivity index (χ1n) is 13.7. The highest BCUT2D eigenvalue weighted by atomic mass is 32.2. The van der Waals surface area contributed by atoms with Crippen molar-refractivity contribution in [2.45, 2.75) is 127 Å². The van der Waals surface area contributed by atoms with Gasteiger partial charge in [-0.15, -0.1) is 0 Å². The van der Waals surface area contributed by atoms with Crippen molar-refractivity contribution in [3.63, 3.8) is 0 Å². The predicted molar refractivity (Wildman–Crippen MR) is 132 cm³/mol. The normalized spacial score (nSPS) is 35.5. The molecule has 7 nitrogen and oxygen atoms in total. The zero-order valence-electron chi connectivity index (χ0n) is 21.3. The third kappa shape index (κ3) is 5.41. The highest BCUT2D eigenvalue weighted by Gasteiger charge is 2.48. The monoisotopic (exact) mass is 496 g/mol. The fourth-order valence-electron chi connectivity index (χ4n) is 7.39. The third-order valence-corrected chi connectivity index (χ3v) is 11.5. The Morgan fingerprint density at radius 3 is 2.15 bits per heavy atom. The second-order valence-corrected chi connectivity index (χ2v) is 13.8. The van der Waals surface area contributed by atoms with Gasteiger partial charge in [0.05, 0.1) is 17.3 Å². The van der Waals surface area contributed by atoms with Gasteiger partial charge in [-0.2, -0.15) is 0 Å². The summed E-state index contributed by atoms with van der Waals surface area (Å²) in [4.78, 5) is 29.8. The van der Waals surface area contributed by atoms with Gasteiger partial charge in [-0.25, -0.2) is 13.2 Å². The molecule has 0 aromatic heterocycles. The Hall–Kier alpha value is -1.31. The molecule has 4 aliphatic rings. The molecule has 4 rings (SSSR count). The maximum absolute atomic E-state index is 13.3. The lowest BCUT2D eigenvalue weighted by Crippen LogP contribution is -2.67. The van der Waals surface area contributed by atoms with E-state index in [-0.39, 0.29) is 47.2 Å². The van der Waals surface area contributed by atoms with E-state index in [9.17, 15) is 18.0 Å². The SMILES string of the molecule is CCS(=O)(=O)C1CCC(C2CCC3C(C2)N(C(=O)OC2CCCCC2)CC(C)N3C(C)=O)CC1. The molecule has 0 radical (unpaired) electrons. The van der Waals surface area contributed by atoms with Gasteiger partial charge in [0.15, 0.2) is 9.84 Å². The van der Waals surface area contributed by atoms with Gasteiger partial charge >= 0.3 is 6.09 Å². The van der Waals surface area contributed by atoms with E-state index < -0.39 is 9.84 Å². The average molecular weight is 497 g/mol. The molecule has 1 aliphatic heterocycles. The summed E-state index contributed by atoms with van der Waals surface area (Å²) in [5.74, 6) is 1.29. The Morgan fingerprint density at radius 2 is 1.53 bits per heavy atom. The number of sulfone groups is 1. The lowest BCUT2D eigenvalue weighted by Gasteiger charge is -2.54. The maximum atomic E-state index is 13.3. The molecular weight excluding hydrogens is 452 g/mol. The van der Waals surface area contributed by atoms with E-state index in [1.807, 2.05) is 16.7 Å². The van der Waals surface area contributed by atoms with Crippen LogP contribution in [0.5, 0.6) is 0 Å². The van der Waals surface area contributed by atoms with Gasteiger partial charge < -0.3 is 14.5 Å². The summed E-state index contributed by atoms with van der Waals surface area (Å²) >= 11 is 0. The summed E-state index contributed by atoms with van der Waals surface area (Å²) in [6.45, 7) is 5.96. The van der Waals surface area contributed by atoms with E-state index in [1.165, 1.54) is 6.42 Å².